The highest BCUT2D eigenvalue weighted by Crippen LogP contribution is 2.60. The molecule has 0 saturated heterocycles. The highest BCUT2D eigenvalue weighted by molar-refractivity contribution is 6.05. The van der Waals surface area contributed by atoms with E-state index in [0.717, 1.165) is 0 Å². The topological polar surface area (TPSA) is 4.93 Å². The second-order valence-corrected chi connectivity index (χ2v) is 8.62. The summed E-state index contributed by atoms with van der Waals surface area (Å²) < 4.78 is 2.43. The zero-order valence-corrected chi connectivity index (χ0v) is 17.3. The van der Waals surface area contributed by atoms with Crippen LogP contribution in [-0.2, 0) is 12.5 Å². The zero-order chi connectivity index (χ0) is 20.6. The second kappa shape index (κ2) is 5.86. The molecule has 0 amide bonds. The summed E-state index contributed by atoms with van der Waals surface area (Å²) in [5, 5.41) is 1.33. The summed E-state index contributed by atoms with van der Waals surface area (Å²) in [6, 6.07) is 37.6. The summed E-state index contributed by atoms with van der Waals surface area (Å²) in [7, 11) is 2.23. The molecule has 146 valence electrons. The molecule has 0 radical (unpaired) electrons. The number of para-hydroxylation sites is 1. The molecule has 2 aliphatic rings. The molecule has 1 spiro atoms. The maximum atomic E-state index is 2.53. The SMILES string of the molecule is Cn1c2c(c3ccccc31)C(c1ccccc1)=CC21c2ccccc2-c2ccccc21. The van der Waals surface area contributed by atoms with Gasteiger partial charge in [-0.15, -0.1) is 0 Å². The van der Waals surface area contributed by atoms with Crippen LogP contribution in [0.2, 0.25) is 0 Å². The van der Waals surface area contributed by atoms with Crippen molar-refractivity contribution in [2.45, 2.75) is 5.41 Å². The van der Waals surface area contributed by atoms with Gasteiger partial charge >= 0.3 is 0 Å². The van der Waals surface area contributed by atoms with Gasteiger partial charge in [0, 0.05) is 29.2 Å². The summed E-state index contributed by atoms with van der Waals surface area (Å²) in [6.07, 6.45) is 2.53. The second-order valence-electron chi connectivity index (χ2n) is 8.62. The van der Waals surface area contributed by atoms with Crippen molar-refractivity contribution in [1.82, 2.24) is 4.57 Å². The molecule has 0 saturated carbocycles. The van der Waals surface area contributed by atoms with Crippen LogP contribution < -0.4 is 0 Å². The van der Waals surface area contributed by atoms with Crippen molar-refractivity contribution in [3.8, 4) is 11.1 Å². The predicted octanol–water partition coefficient (Wildman–Crippen LogP) is 6.94. The van der Waals surface area contributed by atoms with Gasteiger partial charge in [0.05, 0.1) is 5.41 Å². The van der Waals surface area contributed by atoms with E-state index in [1.807, 2.05) is 0 Å². The Kier molecular flexibility index (Phi) is 3.20. The molecule has 5 aromatic rings. The third kappa shape index (κ3) is 1.96. The fraction of sp³-hybridized carbons (Fsp3) is 0.0667. The average molecular weight is 396 g/mol. The van der Waals surface area contributed by atoms with Gasteiger partial charge in [-0.25, -0.2) is 0 Å². The quantitative estimate of drug-likeness (QED) is 0.290. The van der Waals surface area contributed by atoms with Crippen LogP contribution >= 0.6 is 0 Å². The lowest BCUT2D eigenvalue weighted by Crippen LogP contribution is -2.25. The Hall–Kier alpha value is -3.84. The van der Waals surface area contributed by atoms with Crippen molar-refractivity contribution in [3.63, 3.8) is 0 Å². The largest absolute Gasteiger partial charge is 0.346 e. The van der Waals surface area contributed by atoms with Crippen LogP contribution in [0.15, 0.2) is 109 Å². The maximum Gasteiger partial charge on any atom is 0.0812 e. The molecule has 0 aliphatic heterocycles. The lowest BCUT2D eigenvalue weighted by Gasteiger charge is -2.27. The van der Waals surface area contributed by atoms with E-state index in [1.165, 1.54) is 55.6 Å². The van der Waals surface area contributed by atoms with E-state index in [4.69, 9.17) is 0 Å². The van der Waals surface area contributed by atoms with E-state index in [9.17, 15) is 0 Å². The number of hydrogen-bond donors (Lipinski definition) is 0. The molecule has 31 heavy (non-hydrogen) atoms. The minimum Gasteiger partial charge on any atom is -0.346 e. The fourth-order valence-corrected chi connectivity index (χ4v) is 6.01. The Balaban J connectivity index is 1.71. The Morgan fingerprint density at radius 2 is 1.19 bits per heavy atom. The molecule has 1 heteroatoms. The molecule has 4 aromatic carbocycles. The van der Waals surface area contributed by atoms with E-state index < -0.39 is 0 Å². The first-order valence-electron chi connectivity index (χ1n) is 10.9. The van der Waals surface area contributed by atoms with Gasteiger partial charge in [0.25, 0.3) is 0 Å². The van der Waals surface area contributed by atoms with Crippen molar-refractivity contribution >= 4 is 16.5 Å². The molecule has 1 nitrogen and oxygen atoms in total. The molecule has 0 unspecified atom stereocenters. The van der Waals surface area contributed by atoms with Crippen LogP contribution in [0.3, 0.4) is 0 Å². The first-order valence-corrected chi connectivity index (χ1v) is 10.9. The lowest BCUT2D eigenvalue weighted by atomic mass is 9.77. The molecule has 0 bridgehead atoms. The summed E-state index contributed by atoms with van der Waals surface area (Å²) in [4.78, 5) is 0. The van der Waals surface area contributed by atoms with Gasteiger partial charge in [0.2, 0.25) is 0 Å². The molecular formula is C30H21N. The Bertz CT molecular complexity index is 1490. The van der Waals surface area contributed by atoms with Gasteiger partial charge < -0.3 is 4.57 Å². The van der Waals surface area contributed by atoms with E-state index in [2.05, 4.69) is 121 Å². The van der Waals surface area contributed by atoms with E-state index >= 15 is 0 Å². The molecule has 1 aromatic heterocycles. The lowest BCUT2D eigenvalue weighted by molar-refractivity contribution is 0.724. The molecule has 0 N–H and O–H groups in total. The zero-order valence-electron chi connectivity index (χ0n) is 17.3. The molecule has 7 rings (SSSR count). The van der Waals surface area contributed by atoms with Crippen molar-refractivity contribution in [2.75, 3.05) is 0 Å². The van der Waals surface area contributed by atoms with Crippen LogP contribution in [0, 0.1) is 0 Å². The first-order chi connectivity index (χ1) is 15.3. The van der Waals surface area contributed by atoms with Crippen molar-refractivity contribution in [1.29, 1.82) is 0 Å². The molecule has 2 aliphatic carbocycles. The first kappa shape index (κ1) is 16.9. The molecule has 0 atom stereocenters. The average Bonchev–Trinajstić information content (AvgIpc) is 3.44. The normalized spacial score (nSPS) is 15.1. The van der Waals surface area contributed by atoms with Gasteiger partial charge in [0.1, 0.15) is 0 Å². The Morgan fingerprint density at radius 3 is 1.90 bits per heavy atom. The maximum absolute atomic E-state index is 2.53. The number of rotatable bonds is 1. The highest BCUT2D eigenvalue weighted by Gasteiger charge is 2.50. The minimum absolute atomic E-state index is 0.276. The smallest absolute Gasteiger partial charge is 0.0812 e. The molecule has 0 fully saturated rings. The van der Waals surface area contributed by atoms with Gasteiger partial charge in [-0.3, -0.25) is 0 Å². The number of hydrogen-bond acceptors (Lipinski definition) is 0. The Labute approximate surface area is 181 Å². The minimum atomic E-state index is -0.276. The third-order valence-electron chi connectivity index (χ3n) is 7.19. The highest BCUT2D eigenvalue weighted by atomic mass is 15.0. The molecule has 1 heterocycles. The van der Waals surface area contributed by atoms with Gasteiger partial charge in [0.15, 0.2) is 0 Å². The van der Waals surface area contributed by atoms with Crippen molar-refractivity contribution in [3.05, 3.63) is 137 Å². The summed E-state index contributed by atoms with van der Waals surface area (Å²) in [5.74, 6) is 0. The number of fused-ring (bicyclic) bond motifs is 9. The van der Waals surface area contributed by atoms with Crippen LogP contribution in [0.5, 0.6) is 0 Å². The summed E-state index contributed by atoms with van der Waals surface area (Å²) in [6.45, 7) is 0. The molecular weight excluding hydrogens is 374 g/mol. The van der Waals surface area contributed by atoms with Crippen LogP contribution in [0.1, 0.15) is 27.9 Å². The number of nitrogens with zero attached hydrogens (tertiary/aromatic N) is 1. The van der Waals surface area contributed by atoms with Crippen LogP contribution in [0.25, 0.3) is 27.6 Å². The van der Waals surface area contributed by atoms with Crippen molar-refractivity contribution in [2.24, 2.45) is 7.05 Å². The Morgan fingerprint density at radius 1 is 0.613 bits per heavy atom. The van der Waals surface area contributed by atoms with Gasteiger partial charge in [-0.1, -0.05) is 103 Å². The number of allylic oxidation sites excluding steroid dienone is 1. The predicted molar refractivity (Wildman–Crippen MR) is 128 cm³/mol. The van der Waals surface area contributed by atoms with E-state index in [0.29, 0.717) is 0 Å². The number of aromatic nitrogens is 1. The van der Waals surface area contributed by atoms with E-state index in [-0.39, 0.29) is 5.41 Å². The third-order valence-corrected chi connectivity index (χ3v) is 7.19. The monoisotopic (exact) mass is 395 g/mol. The van der Waals surface area contributed by atoms with Gasteiger partial charge in [-0.2, -0.15) is 0 Å². The standard InChI is InChI=1S/C30H21N/c1-31-27-18-10-7-15-23(27)28-24(20-11-3-2-4-12-20)19-30(29(28)31)25-16-8-5-13-21(25)22-14-6-9-17-26(22)30/h2-19H,1H3. The van der Waals surface area contributed by atoms with Crippen molar-refractivity contribution < 1.29 is 0 Å². The summed E-state index contributed by atoms with van der Waals surface area (Å²) in [5.41, 5.74) is 11.8. The number of aryl methyl sites for hydroxylation is 1. The van der Waals surface area contributed by atoms with E-state index in [1.54, 1.807) is 0 Å². The summed E-state index contributed by atoms with van der Waals surface area (Å²) >= 11 is 0. The van der Waals surface area contributed by atoms with Crippen LogP contribution in [0.4, 0.5) is 0 Å². The van der Waals surface area contributed by atoms with Crippen LogP contribution in [-0.4, -0.2) is 4.57 Å². The number of benzene rings is 4. The van der Waals surface area contributed by atoms with Gasteiger partial charge in [-0.05, 0) is 39.5 Å². The fourth-order valence-electron chi connectivity index (χ4n) is 6.01.